The third-order valence-corrected chi connectivity index (χ3v) is 4.41. The lowest BCUT2D eigenvalue weighted by Crippen LogP contribution is -2.13. The van der Waals surface area contributed by atoms with Crippen LogP contribution in [0.15, 0.2) is 24.3 Å². The number of aromatic nitrogens is 3. The predicted octanol–water partition coefficient (Wildman–Crippen LogP) is 3.25. The fraction of sp³-hybridized carbons (Fsp3) is 0.471. The molecule has 1 aromatic heterocycles. The van der Waals surface area contributed by atoms with E-state index in [0.717, 1.165) is 29.9 Å². The van der Waals surface area contributed by atoms with Gasteiger partial charge in [-0.15, -0.1) is 5.10 Å². The SMILES string of the molecule is CN(C)c1ccc(-n2nnc(C#N)c2C2CCCCC2)cc1. The first kappa shape index (κ1) is 14.6. The molecule has 1 aliphatic carbocycles. The van der Waals surface area contributed by atoms with E-state index < -0.39 is 0 Å². The molecule has 0 bridgehead atoms. The molecule has 0 aliphatic heterocycles. The van der Waals surface area contributed by atoms with Gasteiger partial charge in [-0.25, -0.2) is 4.68 Å². The molecule has 0 saturated heterocycles. The maximum absolute atomic E-state index is 9.35. The molecule has 3 rings (SSSR count). The van der Waals surface area contributed by atoms with E-state index in [1.165, 1.54) is 19.3 Å². The molecule has 1 heterocycles. The maximum Gasteiger partial charge on any atom is 0.186 e. The summed E-state index contributed by atoms with van der Waals surface area (Å²) in [6.07, 6.45) is 5.98. The van der Waals surface area contributed by atoms with Gasteiger partial charge < -0.3 is 4.90 Å². The van der Waals surface area contributed by atoms with Crippen molar-refractivity contribution < 1.29 is 0 Å². The smallest absolute Gasteiger partial charge is 0.186 e. The van der Waals surface area contributed by atoms with Crippen molar-refractivity contribution in [1.82, 2.24) is 15.0 Å². The summed E-state index contributed by atoms with van der Waals surface area (Å²) in [5.41, 5.74) is 3.58. The van der Waals surface area contributed by atoms with Crippen LogP contribution >= 0.6 is 0 Å². The summed E-state index contributed by atoms with van der Waals surface area (Å²) >= 11 is 0. The molecule has 0 unspecified atom stereocenters. The van der Waals surface area contributed by atoms with Crippen molar-refractivity contribution in [3.05, 3.63) is 35.7 Å². The van der Waals surface area contributed by atoms with Crippen LogP contribution in [-0.4, -0.2) is 29.1 Å². The Morgan fingerprint density at radius 3 is 2.41 bits per heavy atom. The lowest BCUT2D eigenvalue weighted by molar-refractivity contribution is 0.429. The second-order valence-electron chi connectivity index (χ2n) is 6.09. The lowest BCUT2D eigenvalue weighted by Gasteiger charge is -2.22. The molecule has 0 radical (unpaired) electrons. The van der Waals surface area contributed by atoms with Crippen molar-refractivity contribution in [2.45, 2.75) is 38.0 Å². The van der Waals surface area contributed by atoms with Crippen LogP contribution in [-0.2, 0) is 0 Å². The largest absolute Gasteiger partial charge is 0.378 e. The zero-order valence-corrected chi connectivity index (χ0v) is 13.2. The average molecular weight is 295 g/mol. The molecule has 114 valence electrons. The number of anilines is 1. The third kappa shape index (κ3) is 2.69. The summed E-state index contributed by atoms with van der Waals surface area (Å²) in [6, 6.07) is 10.4. The summed E-state index contributed by atoms with van der Waals surface area (Å²) in [4.78, 5) is 2.06. The summed E-state index contributed by atoms with van der Waals surface area (Å²) in [5.74, 6) is 0.395. The Morgan fingerprint density at radius 1 is 1.14 bits per heavy atom. The minimum Gasteiger partial charge on any atom is -0.378 e. The van der Waals surface area contributed by atoms with Gasteiger partial charge in [-0.05, 0) is 37.1 Å². The molecule has 2 aromatic rings. The van der Waals surface area contributed by atoms with Gasteiger partial charge in [-0.2, -0.15) is 5.26 Å². The van der Waals surface area contributed by atoms with Crippen molar-refractivity contribution >= 4 is 5.69 Å². The normalized spacial score (nSPS) is 15.5. The Balaban J connectivity index is 2.00. The summed E-state index contributed by atoms with van der Waals surface area (Å²) in [5, 5.41) is 17.7. The average Bonchev–Trinajstić information content (AvgIpc) is 2.99. The predicted molar refractivity (Wildman–Crippen MR) is 86.2 cm³/mol. The highest BCUT2D eigenvalue weighted by molar-refractivity contribution is 5.50. The minimum atomic E-state index is 0.395. The highest BCUT2D eigenvalue weighted by Crippen LogP contribution is 2.34. The van der Waals surface area contributed by atoms with Crippen molar-refractivity contribution in [3.8, 4) is 11.8 Å². The van der Waals surface area contributed by atoms with Crippen LogP contribution in [0.2, 0.25) is 0 Å². The number of hydrogen-bond acceptors (Lipinski definition) is 4. The number of nitriles is 1. The van der Waals surface area contributed by atoms with E-state index in [1.54, 1.807) is 0 Å². The molecule has 5 heteroatoms. The summed E-state index contributed by atoms with van der Waals surface area (Å²) in [7, 11) is 4.04. The molecule has 1 aliphatic rings. The Labute approximate surface area is 131 Å². The van der Waals surface area contributed by atoms with E-state index in [1.807, 2.05) is 30.9 Å². The van der Waals surface area contributed by atoms with Gasteiger partial charge in [0.15, 0.2) is 5.69 Å². The molecule has 22 heavy (non-hydrogen) atoms. The van der Waals surface area contributed by atoms with E-state index in [9.17, 15) is 5.26 Å². The lowest BCUT2D eigenvalue weighted by atomic mass is 9.86. The van der Waals surface area contributed by atoms with Gasteiger partial charge in [0, 0.05) is 25.7 Å². The monoisotopic (exact) mass is 295 g/mol. The van der Waals surface area contributed by atoms with Gasteiger partial charge in [0.2, 0.25) is 0 Å². The first-order chi connectivity index (χ1) is 10.7. The fourth-order valence-electron chi connectivity index (χ4n) is 3.19. The number of nitrogens with zero attached hydrogens (tertiary/aromatic N) is 5. The van der Waals surface area contributed by atoms with Crippen LogP contribution in [0.5, 0.6) is 0 Å². The van der Waals surface area contributed by atoms with Gasteiger partial charge in [0.25, 0.3) is 0 Å². The Bertz CT molecular complexity index is 672. The molecule has 0 N–H and O–H groups in total. The van der Waals surface area contributed by atoms with E-state index in [4.69, 9.17) is 0 Å². The Kier molecular flexibility index (Phi) is 4.10. The van der Waals surface area contributed by atoms with Crippen molar-refractivity contribution in [2.75, 3.05) is 19.0 Å². The van der Waals surface area contributed by atoms with Crippen LogP contribution in [0.1, 0.15) is 49.4 Å². The van der Waals surface area contributed by atoms with E-state index in [0.29, 0.717) is 11.6 Å². The molecule has 1 saturated carbocycles. The van der Waals surface area contributed by atoms with Crippen LogP contribution in [0.4, 0.5) is 5.69 Å². The maximum atomic E-state index is 9.35. The second-order valence-corrected chi connectivity index (χ2v) is 6.09. The molecular formula is C17H21N5. The summed E-state index contributed by atoms with van der Waals surface area (Å²) < 4.78 is 1.86. The topological polar surface area (TPSA) is 57.7 Å². The van der Waals surface area contributed by atoms with Gasteiger partial charge in [-0.1, -0.05) is 24.5 Å². The number of rotatable bonds is 3. The molecule has 1 aromatic carbocycles. The highest BCUT2D eigenvalue weighted by Gasteiger charge is 2.25. The molecule has 0 spiro atoms. The molecule has 5 nitrogen and oxygen atoms in total. The van der Waals surface area contributed by atoms with Crippen molar-refractivity contribution in [3.63, 3.8) is 0 Å². The standard InChI is InChI=1S/C17H21N5/c1-21(2)14-8-10-15(11-9-14)22-17(16(12-18)19-20-22)13-6-4-3-5-7-13/h8-11,13H,3-7H2,1-2H3. The molecule has 0 amide bonds. The van der Waals surface area contributed by atoms with Crippen molar-refractivity contribution in [1.29, 1.82) is 5.26 Å². The second kappa shape index (κ2) is 6.18. The minimum absolute atomic E-state index is 0.395. The van der Waals surface area contributed by atoms with Crippen LogP contribution in [0.3, 0.4) is 0 Å². The fourth-order valence-corrected chi connectivity index (χ4v) is 3.19. The first-order valence-corrected chi connectivity index (χ1v) is 7.84. The van der Waals surface area contributed by atoms with E-state index in [-0.39, 0.29) is 0 Å². The molecular weight excluding hydrogens is 274 g/mol. The quantitative estimate of drug-likeness (QED) is 0.872. The number of hydrogen-bond donors (Lipinski definition) is 0. The van der Waals surface area contributed by atoms with Crippen LogP contribution in [0, 0.1) is 11.3 Å². The molecule has 1 fully saturated rings. The zero-order valence-electron chi connectivity index (χ0n) is 13.2. The highest BCUT2D eigenvalue weighted by atomic mass is 15.4. The van der Waals surface area contributed by atoms with Gasteiger partial charge in [-0.3, -0.25) is 0 Å². The van der Waals surface area contributed by atoms with Crippen LogP contribution in [0.25, 0.3) is 5.69 Å². The third-order valence-electron chi connectivity index (χ3n) is 4.41. The van der Waals surface area contributed by atoms with Crippen LogP contribution < -0.4 is 4.90 Å². The van der Waals surface area contributed by atoms with Gasteiger partial charge in [0.05, 0.1) is 11.4 Å². The Hall–Kier alpha value is -2.35. The zero-order chi connectivity index (χ0) is 15.5. The van der Waals surface area contributed by atoms with E-state index in [2.05, 4.69) is 33.4 Å². The molecule has 0 atom stereocenters. The van der Waals surface area contributed by atoms with Gasteiger partial charge in [0.1, 0.15) is 6.07 Å². The van der Waals surface area contributed by atoms with E-state index >= 15 is 0 Å². The number of benzene rings is 1. The van der Waals surface area contributed by atoms with Crippen molar-refractivity contribution in [2.24, 2.45) is 0 Å². The summed E-state index contributed by atoms with van der Waals surface area (Å²) in [6.45, 7) is 0. The Morgan fingerprint density at radius 2 is 1.82 bits per heavy atom. The first-order valence-electron chi connectivity index (χ1n) is 7.84. The van der Waals surface area contributed by atoms with Gasteiger partial charge >= 0.3 is 0 Å².